The van der Waals surface area contributed by atoms with Crippen molar-refractivity contribution in [2.75, 3.05) is 43.4 Å². The first-order valence-corrected chi connectivity index (χ1v) is 12.8. The number of carbonyl (C=O) groups is 2. The maximum absolute atomic E-state index is 14.1. The second-order valence-corrected chi connectivity index (χ2v) is 10.1. The van der Waals surface area contributed by atoms with Crippen LogP contribution in [0.15, 0.2) is 60.7 Å². The summed E-state index contributed by atoms with van der Waals surface area (Å²) in [6.07, 6.45) is 2.40. The molecule has 192 valence electrons. The summed E-state index contributed by atoms with van der Waals surface area (Å²) in [4.78, 5) is 34.1. The smallest absolute Gasteiger partial charge is 0.273 e. The van der Waals surface area contributed by atoms with Crippen molar-refractivity contribution < 1.29 is 14.0 Å². The molecular formula is C28H29ClFN5O2. The number of hydrogen-bond acceptors (Lipinski definition) is 5. The molecule has 3 aromatic rings. The van der Waals surface area contributed by atoms with E-state index in [1.165, 1.54) is 6.07 Å². The van der Waals surface area contributed by atoms with Gasteiger partial charge in [-0.25, -0.2) is 9.37 Å². The molecule has 9 heteroatoms. The molecule has 1 aliphatic heterocycles. The third-order valence-electron chi connectivity index (χ3n) is 7.28. The first-order valence-electron chi connectivity index (χ1n) is 12.4. The van der Waals surface area contributed by atoms with Crippen LogP contribution in [-0.2, 0) is 5.54 Å². The maximum Gasteiger partial charge on any atom is 0.273 e. The number of piperazine rings is 1. The van der Waals surface area contributed by atoms with Crippen LogP contribution in [0.4, 0.5) is 15.8 Å². The molecular weight excluding hydrogens is 493 g/mol. The van der Waals surface area contributed by atoms with E-state index in [0.717, 1.165) is 62.8 Å². The van der Waals surface area contributed by atoms with Gasteiger partial charge in [-0.1, -0.05) is 23.7 Å². The summed E-state index contributed by atoms with van der Waals surface area (Å²) in [6.45, 7) is 4.00. The van der Waals surface area contributed by atoms with E-state index in [9.17, 15) is 14.0 Å². The molecule has 1 saturated carbocycles. The van der Waals surface area contributed by atoms with Crippen molar-refractivity contribution in [1.29, 1.82) is 0 Å². The lowest BCUT2D eigenvalue weighted by molar-refractivity contribution is 0.0813. The number of rotatable bonds is 6. The van der Waals surface area contributed by atoms with Gasteiger partial charge in [-0.3, -0.25) is 9.59 Å². The van der Waals surface area contributed by atoms with Crippen LogP contribution in [0.2, 0.25) is 5.15 Å². The fraction of sp³-hybridized carbons (Fsp3) is 0.321. The Hall–Kier alpha value is -3.49. The van der Waals surface area contributed by atoms with Crippen LogP contribution < -0.4 is 15.5 Å². The zero-order valence-electron chi connectivity index (χ0n) is 20.6. The minimum atomic E-state index is -0.717. The van der Waals surface area contributed by atoms with E-state index in [0.29, 0.717) is 11.3 Å². The first kappa shape index (κ1) is 25.2. The van der Waals surface area contributed by atoms with Crippen LogP contribution in [0.3, 0.4) is 0 Å². The summed E-state index contributed by atoms with van der Waals surface area (Å²) in [5, 5.41) is 5.95. The number of nitrogens with one attached hydrogen (secondary N) is 2. The lowest BCUT2D eigenvalue weighted by Gasteiger charge is -2.43. The van der Waals surface area contributed by atoms with Crippen molar-refractivity contribution in [1.82, 2.24) is 15.2 Å². The van der Waals surface area contributed by atoms with Gasteiger partial charge in [-0.15, -0.1) is 0 Å². The van der Waals surface area contributed by atoms with Gasteiger partial charge in [0.15, 0.2) is 11.5 Å². The molecule has 2 heterocycles. The molecule has 1 saturated heterocycles. The van der Waals surface area contributed by atoms with Crippen molar-refractivity contribution in [3.63, 3.8) is 0 Å². The SMILES string of the molecule is CN1CCN(c2ccc(C(=O)Nc3ccc(C4(NC(=O)c5nc(Cl)ccc5F)CCC4)cc3)cc2)CC1. The van der Waals surface area contributed by atoms with E-state index in [1.54, 1.807) is 0 Å². The fourth-order valence-electron chi connectivity index (χ4n) is 4.83. The molecule has 1 aliphatic carbocycles. The average Bonchev–Trinajstić information content (AvgIpc) is 2.88. The number of anilines is 2. The predicted molar refractivity (Wildman–Crippen MR) is 143 cm³/mol. The van der Waals surface area contributed by atoms with E-state index in [4.69, 9.17) is 11.6 Å². The minimum Gasteiger partial charge on any atom is -0.369 e. The molecule has 2 amide bonds. The average molecular weight is 522 g/mol. The second-order valence-electron chi connectivity index (χ2n) is 9.72. The van der Waals surface area contributed by atoms with Gasteiger partial charge in [0.25, 0.3) is 11.8 Å². The highest BCUT2D eigenvalue weighted by Gasteiger charge is 2.40. The monoisotopic (exact) mass is 521 g/mol. The maximum atomic E-state index is 14.1. The number of aromatic nitrogens is 1. The standard InChI is InChI=1S/C28H29ClFN5O2/c1-34-15-17-35(18-16-34)22-9-3-19(4-10-22)26(36)31-21-7-5-20(6-8-21)28(13-2-14-28)33-27(37)25-23(30)11-12-24(29)32-25/h3-12H,2,13-18H2,1H3,(H,31,36)(H,33,37). The summed E-state index contributed by atoms with van der Waals surface area (Å²) in [7, 11) is 2.12. The molecule has 0 atom stereocenters. The number of carbonyl (C=O) groups excluding carboxylic acids is 2. The largest absolute Gasteiger partial charge is 0.369 e. The third-order valence-corrected chi connectivity index (χ3v) is 7.49. The van der Waals surface area contributed by atoms with E-state index in [2.05, 4.69) is 32.5 Å². The first-order chi connectivity index (χ1) is 17.8. The minimum absolute atomic E-state index is 0.0586. The van der Waals surface area contributed by atoms with E-state index in [-0.39, 0.29) is 16.8 Å². The van der Waals surface area contributed by atoms with E-state index in [1.807, 2.05) is 48.5 Å². The van der Waals surface area contributed by atoms with Crippen molar-refractivity contribution in [3.05, 3.63) is 88.5 Å². The molecule has 2 N–H and O–H groups in total. The molecule has 2 fully saturated rings. The summed E-state index contributed by atoms with van der Waals surface area (Å²) >= 11 is 5.85. The fourth-order valence-corrected chi connectivity index (χ4v) is 4.98. The Kier molecular flexibility index (Phi) is 7.13. The predicted octanol–water partition coefficient (Wildman–Crippen LogP) is 4.69. The number of halogens is 2. The van der Waals surface area contributed by atoms with E-state index >= 15 is 0 Å². The molecule has 37 heavy (non-hydrogen) atoms. The summed E-state index contributed by atoms with van der Waals surface area (Å²) in [6, 6.07) is 17.5. The zero-order chi connectivity index (χ0) is 26.0. The molecule has 1 aromatic heterocycles. The zero-order valence-corrected chi connectivity index (χ0v) is 21.4. The molecule has 2 aliphatic rings. The Morgan fingerprint density at radius 3 is 2.22 bits per heavy atom. The molecule has 2 aromatic carbocycles. The highest BCUT2D eigenvalue weighted by Crippen LogP contribution is 2.42. The Labute approximate surface area is 220 Å². The quantitative estimate of drug-likeness (QED) is 0.460. The number of likely N-dealkylation sites (N-methyl/N-ethyl adjacent to an activating group) is 1. The lowest BCUT2D eigenvalue weighted by Crippen LogP contribution is -2.51. The Bertz CT molecular complexity index is 1290. The number of benzene rings is 2. The van der Waals surface area contributed by atoms with Gasteiger partial charge in [0.2, 0.25) is 0 Å². The molecule has 0 spiro atoms. The molecule has 7 nitrogen and oxygen atoms in total. The van der Waals surface area contributed by atoms with Crippen LogP contribution in [0.1, 0.15) is 45.7 Å². The van der Waals surface area contributed by atoms with Crippen LogP contribution in [0, 0.1) is 5.82 Å². The van der Waals surface area contributed by atoms with Gasteiger partial charge < -0.3 is 20.4 Å². The van der Waals surface area contributed by atoms with Gasteiger partial charge in [-0.2, -0.15) is 0 Å². The van der Waals surface area contributed by atoms with Gasteiger partial charge >= 0.3 is 0 Å². The van der Waals surface area contributed by atoms with Crippen molar-refractivity contribution in [2.45, 2.75) is 24.8 Å². The Morgan fingerprint density at radius 2 is 1.59 bits per heavy atom. The van der Waals surface area contributed by atoms with Crippen molar-refractivity contribution in [3.8, 4) is 0 Å². The van der Waals surface area contributed by atoms with Crippen molar-refractivity contribution in [2.24, 2.45) is 0 Å². The molecule has 0 bridgehead atoms. The lowest BCUT2D eigenvalue weighted by atomic mass is 9.71. The number of hydrogen-bond donors (Lipinski definition) is 2. The Morgan fingerprint density at radius 1 is 0.919 bits per heavy atom. The van der Waals surface area contributed by atoms with Crippen LogP contribution in [0.25, 0.3) is 0 Å². The third kappa shape index (κ3) is 5.45. The highest BCUT2D eigenvalue weighted by atomic mass is 35.5. The molecule has 5 rings (SSSR count). The van der Waals surface area contributed by atoms with Crippen molar-refractivity contribution >= 4 is 34.8 Å². The van der Waals surface area contributed by atoms with Crippen LogP contribution >= 0.6 is 11.6 Å². The normalized spacial score (nSPS) is 17.1. The van der Waals surface area contributed by atoms with Crippen LogP contribution in [-0.4, -0.2) is 54.9 Å². The van der Waals surface area contributed by atoms with Gasteiger partial charge in [0, 0.05) is 43.1 Å². The highest BCUT2D eigenvalue weighted by molar-refractivity contribution is 6.29. The van der Waals surface area contributed by atoms with Gasteiger partial charge in [0.05, 0.1) is 5.54 Å². The topological polar surface area (TPSA) is 77.6 Å². The van der Waals surface area contributed by atoms with Gasteiger partial charge in [-0.05, 0) is 80.4 Å². The molecule has 0 radical (unpaired) electrons. The summed E-state index contributed by atoms with van der Waals surface area (Å²) in [5.74, 6) is -1.50. The number of pyridine rings is 1. The number of amides is 2. The van der Waals surface area contributed by atoms with E-state index < -0.39 is 17.3 Å². The van der Waals surface area contributed by atoms with Gasteiger partial charge in [0.1, 0.15) is 5.15 Å². The second kappa shape index (κ2) is 10.5. The summed E-state index contributed by atoms with van der Waals surface area (Å²) in [5.41, 5.74) is 2.33. The summed E-state index contributed by atoms with van der Waals surface area (Å²) < 4.78 is 14.1. The number of nitrogens with zero attached hydrogens (tertiary/aromatic N) is 3. The Balaban J connectivity index is 1.23. The molecule has 0 unspecified atom stereocenters. The van der Waals surface area contributed by atoms with Crippen LogP contribution in [0.5, 0.6) is 0 Å².